The van der Waals surface area contributed by atoms with E-state index in [1.54, 1.807) is 10.6 Å². The molecule has 1 saturated carbocycles. The van der Waals surface area contributed by atoms with Crippen LogP contribution in [0.3, 0.4) is 0 Å². The molecule has 0 spiro atoms. The molecule has 1 aromatic heterocycles. The summed E-state index contributed by atoms with van der Waals surface area (Å²) in [5, 5.41) is 3.30. The average Bonchev–Trinajstić information content (AvgIpc) is 3.48. The number of primary amides is 1. The molecule has 3 aliphatic rings. The van der Waals surface area contributed by atoms with Crippen LogP contribution < -0.4 is 22.5 Å². The molecule has 1 amide bonds. The Bertz CT molecular complexity index is 1510. The molecule has 236 valence electrons. The minimum atomic E-state index is -3.59. The Morgan fingerprint density at radius 1 is 1.16 bits per heavy atom. The van der Waals surface area contributed by atoms with Crippen molar-refractivity contribution in [3.05, 3.63) is 40.5 Å². The van der Waals surface area contributed by atoms with E-state index in [-0.39, 0.29) is 47.3 Å². The molecule has 2 aromatic rings. The number of benzene rings is 1. The van der Waals surface area contributed by atoms with Gasteiger partial charge in [0, 0.05) is 17.3 Å². The summed E-state index contributed by atoms with van der Waals surface area (Å²) in [6.45, 7) is 4.72. The molecule has 2 aliphatic heterocycles. The molecule has 3 heterocycles. The molecular formula is C30H42FN5O6S. The monoisotopic (exact) mass is 619 g/mol. The molecular weight excluding hydrogens is 577 g/mol. The van der Waals surface area contributed by atoms with Crippen LogP contribution in [0.2, 0.25) is 0 Å². The van der Waals surface area contributed by atoms with Gasteiger partial charge in [-0.3, -0.25) is 9.59 Å². The molecule has 0 saturated heterocycles. The number of carbonyl (C=O) groups excluding carboxylic acids is 2. The molecule has 13 heteroatoms. The van der Waals surface area contributed by atoms with E-state index in [0.717, 1.165) is 12.8 Å². The summed E-state index contributed by atoms with van der Waals surface area (Å²) in [5.41, 5.74) is 18.8. The number of nitrogens with zero attached hydrogens (tertiary/aromatic N) is 1. The molecule has 0 bridgehead atoms. The number of sulfone groups is 1. The Morgan fingerprint density at radius 2 is 1.88 bits per heavy atom. The van der Waals surface area contributed by atoms with Crippen LogP contribution in [0.15, 0.2) is 17.0 Å². The molecule has 1 aliphatic carbocycles. The van der Waals surface area contributed by atoms with Gasteiger partial charge in [-0.05, 0) is 69.0 Å². The number of anilines is 1. The smallest absolute Gasteiger partial charge is 0.323 e. The van der Waals surface area contributed by atoms with E-state index in [4.69, 9.17) is 26.7 Å². The zero-order chi connectivity index (χ0) is 31.1. The number of carbonyl (C=O) groups is 2. The molecule has 0 unspecified atom stereocenters. The maximum absolute atomic E-state index is 15.6. The maximum Gasteiger partial charge on any atom is 0.323 e. The number of nitrogens with one attached hydrogen (secondary N) is 1. The first kappa shape index (κ1) is 31.4. The second-order valence-electron chi connectivity index (χ2n) is 12.8. The molecule has 11 nitrogen and oxygen atoms in total. The van der Waals surface area contributed by atoms with Crippen LogP contribution in [0.5, 0.6) is 0 Å². The Hall–Kier alpha value is -3.00. The molecule has 1 atom stereocenters. The van der Waals surface area contributed by atoms with Crippen LogP contribution in [-0.2, 0) is 43.7 Å². The SMILES string of the molecule is CC1(C)Cc2c(c3c(n2-c2cc(F)c(C(N)=O)c(NC4CCC(OC(=O)[C@H](N)CCCCN)CC4)c2)COC3)S(=O)(=O)C1. The van der Waals surface area contributed by atoms with Crippen LogP contribution in [-0.4, -0.2) is 55.3 Å². The Labute approximate surface area is 251 Å². The Balaban J connectivity index is 1.39. The third-order valence-corrected chi connectivity index (χ3v) is 10.9. The van der Waals surface area contributed by atoms with Crippen LogP contribution in [0.4, 0.5) is 10.1 Å². The van der Waals surface area contributed by atoms with Gasteiger partial charge in [0.1, 0.15) is 18.0 Å². The van der Waals surface area contributed by atoms with Crippen molar-refractivity contribution in [2.24, 2.45) is 22.6 Å². The fourth-order valence-corrected chi connectivity index (χ4v) is 9.04. The Morgan fingerprint density at radius 3 is 2.56 bits per heavy atom. The largest absolute Gasteiger partial charge is 0.461 e. The van der Waals surface area contributed by atoms with E-state index in [1.807, 2.05) is 13.8 Å². The summed E-state index contributed by atoms with van der Waals surface area (Å²) in [6.07, 6.45) is 4.67. The van der Waals surface area contributed by atoms with Crippen LogP contribution in [0.25, 0.3) is 5.69 Å². The minimum Gasteiger partial charge on any atom is -0.461 e. The predicted octanol–water partition coefficient (Wildman–Crippen LogP) is 2.82. The van der Waals surface area contributed by atoms with Crippen molar-refractivity contribution in [3.63, 3.8) is 0 Å². The number of fused-ring (bicyclic) bond motifs is 3. The van der Waals surface area contributed by atoms with Crippen molar-refractivity contribution >= 4 is 27.4 Å². The lowest BCUT2D eigenvalue weighted by molar-refractivity contribution is -0.152. The highest BCUT2D eigenvalue weighted by Gasteiger charge is 2.43. The van der Waals surface area contributed by atoms with Gasteiger partial charge in [0.05, 0.1) is 46.5 Å². The van der Waals surface area contributed by atoms with Crippen molar-refractivity contribution in [2.45, 2.75) is 102 Å². The number of halogens is 1. The van der Waals surface area contributed by atoms with Crippen LogP contribution in [0, 0.1) is 11.2 Å². The quantitative estimate of drug-likeness (QED) is 0.230. The highest BCUT2D eigenvalue weighted by atomic mass is 32.2. The molecule has 0 radical (unpaired) electrons. The van der Waals surface area contributed by atoms with Gasteiger partial charge in [0.2, 0.25) is 0 Å². The van der Waals surface area contributed by atoms with E-state index >= 15 is 4.39 Å². The minimum absolute atomic E-state index is 0.0173. The van der Waals surface area contributed by atoms with Crippen LogP contribution >= 0.6 is 0 Å². The number of hydrogen-bond acceptors (Lipinski definition) is 9. The molecule has 1 fully saturated rings. The normalized spacial score (nSPS) is 22.8. The fraction of sp³-hybridized carbons (Fsp3) is 0.600. The second kappa shape index (κ2) is 12.2. The number of aromatic nitrogens is 1. The number of hydrogen-bond donors (Lipinski definition) is 4. The summed E-state index contributed by atoms with van der Waals surface area (Å²) in [7, 11) is -3.59. The van der Waals surface area contributed by atoms with Gasteiger partial charge < -0.3 is 36.6 Å². The van der Waals surface area contributed by atoms with E-state index in [0.29, 0.717) is 67.7 Å². The molecule has 1 aromatic carbocycles. The lowest BCUT2D eigenvalue weighted by Crippen LogP contribution is -2.37. The van der Waals surface area contributed by atoms with Crippen molar-refractivity contribution in [3.8, 4) is 5.69 Å². The van der Waals surface area contributed by atoms with Crippen molar-refractivity contribution < 1.29 is 31.9 Å². The number of unbranched alkanes of at least 4 members (excludes halogenated alkanes) is 1. The first-order chi connectivity index (χ1) is 20.3. The van der Waals surface area contributed by atoms with Crippen molar-refractivity contribution in [2.75, 3.05) is 17.6 Å². The van der Waals surface area contributed by atoms with Gasteiger partial charge in [-0.2, -0.15) is 0 Å². The number of amides is 1. The predicted molar refractivity (Wildman–Crippen MR) is 159 cm³/mol. The lowest BCUT2D eigenvalue weighted by Gasteiger charge is -2.32. The van der Waals surface area contributed by atoms with Gasteiger partial charge in [-0.1, -0.05) is 20.3 Å². The standard InChI is InChI=1S/C30H42FN5O6S/c1-30(2)13-24-27(43(39,40)16-30)20-14-41-15-25(20)36(24)18-11-21(31)26(28(34)37)23(12-18)35-17-6-8-19(9-7-17)42-29(38)22(33)5-3-4-10-32/h11-12,17,19,22,35H,3-10,13-16,32-33H2,1-2H3,(H2,34,37)/t17?,19?,22-/m1/s1. The second-order valence-corrected chi connectivity index (χ2v) is 14.7. The van der Waals surface area contributed by atoms with Crippen molar-refractivity contribution in [1.29, 1.82) is 0 Å². The van der Waals surface area contributed by atoms with E-state index in [2.05, 4.69) is 5.32 Å². The highest BCUT2D eigenvalue weighted by molar-refractivity contribution is 7.91. The highest BCUT2D eigenvalue weighted by Crippen LogP contribution is 2.44. The number of esters is 1. The summed E-state index contributed by atoms with van der Waals surface area (Å²) in [6, 6.07) is 2.07. The third-order valence-electron chi connectivity index (χ3n) is 8.62. The van der Waals surface area contributed by atoms with E-state index in [9.17, 15) is 18.0 Å². The summed E-state index contributed by atoms with van der Waals surface area (Å²) >= 11 is 0. The van der Waals surface area contributed by atoms with Gasteiger partial charge >= 0.3 is 5.97 Å². The van der Waals surface area contributed by atoms with Gasteiger partial charge in [-0.15, -0.1) is 0 Å². The summed E-state index contributed by atoms with van der Waals surface area (Å²) < 4.78 is 55.4. The molecule has 43 heavy (non-hydrogen) atoms. The zero-order valence-corrected chi connectivity index (χ0v) is 25.6. The topological polar surface area (TPSA) is 182 Å². The summed E-state index contributed by atoms with van der Waals surface area (Å²) in [4.78, 5) is 25.1. The number of rotatable bonds is 10. The number of ether oxygens (including phenoxy) is 2. The average molecular weight is 620 g/mol. The maximum atomic E-state index is 15.6. The van der Waals surface area contributed by atoms with Gasteiger partial charge in [-0.25, -0.2) is 12.8 Å². The summed E-state index contributed by atoms with van der Waals surface area (Å²) in [5.74, 6) is -2.11. The molecule has 5 rings (SSSR count). The number of nitrogens with two attached hydrogens (primary N) is 3. The zero-order valence-electron chi connectivity index (χ0n) is 24.8. The third kappa shape index (κ3) is 6.45. The Kier molecular flexibility index (Phi) is 8.90. The van der Waals surface area contributed by atoms with E-state index in [1.165, 1.54) is 6.07 Å². The molecule has 7 N–H and O–H groups in total. The first-order valence-electron chi connectivity index (χ1n) is 14.9. The van der Waals surface area contributed by atoms with Crippen LogP contribution in [0.1, 0.15) is 86.1 Å². The van der Waals surface area contributed by atoms with Gasteiger partial charge in [0.15, 0.2) is 9.84 Å². The van der Waals surface area contributed by atoms with Gasteiger partial charge in [0.25, 0.3) is 5.91 Å². The van der Waals surface area contributed by atoms with Crippen molar-refractivity contribution in [1.82, 2.24) is 4.57 Å². The van der Waals surface area contributed by atoms with E-state index < -0.39 is 39.0 Å². The fourth-order valence-electron chi connectivity index (χ4n) is 6.69. The lowest BCUT2D eigenvalue weighted by atomic mass is 9.89. The first-order valence-corrected chi connectivity index (χ1v) is 16.6.